The monoisotopic (exact) mass is 297 g/mol. The molecular weight excluding hydrogens is 278 g/mol. The molecule has 2 N–H and O–H groups in total. The Morgan fingerprint density at radius 1 is 1.05 bits per heavy atom. The summed E-state index contributed by atoms with van der Waals surface area (Å²) >= 11 is 0. The van der Waals surface area contributed by atoms with Crippen molar-refractivity contribution in [1.29, 1.82) is 0 Å². The number of carbonyl (C=O) groups is 2. The van der Waals surface area contributed by atoms with Crippen LogP contribution in [0.1, 0.15) is 10.4 Å². The van der Waals surface area contributed by atoms with Crippen LogP contribution < -0.4 is 15.5 Å². The van der Waals surface area contributed by atoms with E-state index in [1.807, 2.05) is 42.3 Å². The van der Waals surface area contributed by atoms with Gasteiger partial charge in [0.2, 0.25) is 5.91 Å². The maximum Gasteiger partial charge on any atom is 0.251 e. The molecule has 0 atom stereocenters. The smallest absolute Gasteiger partial charge is 0.251 e. The van der Waals surface area contributed by atoms with Crippen molar-refractivity contribution < 1.29 is 9.59 Å². The fourth-order valence-corrected chi connectivity index (χ4v) is 2.07. The van der Waals surface area contributed by atoms with Crippen molar-refractivity contribution in [1.82, 2.24) is 5.32 Å². The van der Waals surface area contributed by atoms with Gasteiger partial charge in [0.25, 0.3) is 5.91 Å². The first-order valence-corrected chi connectivity index (χ1v) is 6.98. The molecule has 5 heteroatoms. The van der Waals surface area contributed by atoms with Gasteiger partial charge in [0.15, 0.2) is 0 Å². The number of para-hydroxylation sites is 1. The molecule has 0 saturated heterocycles. The maximum atomic E-state index is 12.1. The number of nitrogens with one attached hydrogen (secondary N) is 2. The highest BCUT2D eigenvalue weighted by atomic mass is 16.2. The summed E-state index contributed by atoms with van der Waals surface area (Å²) < 4.78 is 0. The van der Waals surface area contributed by atoms with Crippen LogP contribution in [-0.4, -0.2) is 32.5 Å². The molecule has 2 rings (SSSR count). The van der Waals surface area contributed by atoms with Crippen LogP contribution in [0.5, 0.6) is 0 Å². The molecule has 0 aliphatic carbocycles. The Morgan fingerprint density at radius 2 is 1.77 bits per heavy atom. The molecule has 5 nitrogen and oxygen atoms in total. The van der Waals surface area contributed by atoms with E-state index in [4.69, 9.17) is 0 Å². The summed E-state index contributed by atoms with van der Waals surface area (Å²) in [6.45, 7) is 0.230. The molecule has 0 aromatic heterocycles. The van der Waals surface area contributed by atoms with Crippen molar-refractivity contribution in [3.05, 3.63) is 60.2 Å². The minimum Gasteiger partial charge on any atom is -0.365 e. The first kappa shape index (κ1) is 15.6. The number of rotatable bonds is 5. The summed E-state index contributed by atoms with van der Waals surface area (Å²) in [6, 6.07) is 16.5. The van der Waals surface area contributed by atoms with Gasteiger partial charge in [-0.25, -0.2) is 0 Å². The van der Waals surface area contributed by atoms with E-state index in [1.165, 1.54) is 0 Å². The van der Waals surface area contributed by atoms with Gasteiger partial charge in [-0.2, -0.15) is 0 Å². The first-order chi connectivity index (χ1) is 10.6. The first-order valence-electron chi connectivity index (χ1n) is 6.98. The lowest BCUT2D eigenvalue weighted by Gasteiger charge is -2.18. The van der Waals surface area contributed by atoms with Gasteiger partial charge in [0.05, 0.1) is 6.54 Å². The van der Waals surface area contributed by atoms with E-state index in [9.17, 15) is 9.59 Å². The van der Waals surface area contributed by atoms with E-state index in [-0.39, 0.29) is 18.4 Å². The summed E-state index contributed by atoms with van der Waals surface area (Å²) in [4.78, 5) is 25.5. The van der Waals surface area contributed by atoms with Crippen LogP contribution in [0, 0.1) is 0 Å². The third kappa shape index (κ3) is 4.09. The van der Waals surface area contributed by atoms with Gasteiger partial charge in [-0.1, -0.05) is 24.3 Å². The number of hydrogen-bond acceptors (Lipinski definition) is 3. The van der Waals surface area contributed by atoms with Gasteiger partial charge in [0, 0.05) is 31.0 Å². The van der Waals surface area contributed by atoms with Gasteiger partial charge >= 0.3 is 0 Å². The van der Waals surface area contributed by atoms with E-state index in [1.54, 1.807) is 31.3 Å². The molecule has 22 heavy (non-hydrogen) atoms. The molecule has 0 aliphatic heterocycles. The maximum absolute atomic E-state index is 12.1. The Bertz CT molecular complexity index is 656. The Kier molecular flexibility index (Phi) is 5.14. The topological polar surface area (TPSA) is 61.4 Å². The van der Waals surface area contributed by atoms with Crippen molar-refractivity contribution in [3.63, 3.8) is 0 Å². The minimum absolute atomic E-state index is 0.139. The fraction of sp³-hybridized carbons (Fsp3) is 0.176. The highest BCUT2D eigenvalue weighted by Gasteiger charge is 2.09. The number of nitrogens with zero attached hydrogens (tertiary/aromatic N) is 1. The lowest BCUT2D eigenvalue weighted by molar-refractivity contribution is -0.114. The van der Waals surface area contributed by atoms with Crippen molar-refractivity contribution in [3.8, 4) is 0 Å². The van der Waals surface area contributed by atoms with Gasteiger partial charge in [0.1, 0.15) is 0 Å². The zero-order valence-electron chi connectivity index (χ0n) is 12.7. The zero-order chi connectivity index (χ0) is 15.9. The third-order valence-electron chi connectivity index (χ3n) is 3.21. The summed E-state index contributed by atoms with van der Waals surface area (Å²) in [5.41, 5.74) is 2.08. The molecule has 0 heterocycles. The molecule has 0 aliphatic rings. The van der Waals surface area contributed by atoms with Crippen LogP contribution in [0.15, 0.2) is 54.6 Å². The molecule has 2 amide bonds. The predicted molar refractivity (Wildman–Crippen MR) is 88.2 cm³/mol. The molecule has 2 aromatic rings. The van der Waals surface area contributed by atoms with E-state index in [2.05, 4.69) is 10.6 Å². The van der Waals surface area contributed by atoms with Crippen LogP contribution in [0.2, 0.25) is 0 Å². The number of anilines is 2. The molecule has 0 saturated carbocycles. The number of hydrogen-bond donors (Lipinski definition) is 2. The average molecular weight is 297 g/mol. The van der Waals surface area contributed by atoms with Crippen LogP contribution >= 0.6 is 0 Å². The molecule has 0 spiro atoms. The molecule has 0 bridgehead atoms. The molecule has 0 radical (unpaired) electrons. The molecule has 0 unspecified atom stereocenters. The lowest BCUT2D eigenvalue weighted by atomic mass is 10.2. The summed E-state index contributed by atoms with van der Waals surface area (Å²) in [5, 5.41) is 5.36. The fourth-order valence-electron chi connectivity index (χ4n) is 2.07. The van der Waals surface area contributed by atoms with Crippen LogP contribution in [-0.2, 0) is 4.79 Å². The molecule has 114 valence electrons. The highest BCUT2D eigenvalue weighted by Crippen LogP contribution is 2.13. The van der Waals surface area contributed by atoms with Crippen molar-refractivity contribution in [2.75, 3.05) is 30.9 Å². The van der Waals surface area contributed by atoms with Crippen LogP contribution in [0.3, 0.4) is 0 Å². The van der Waals surface area contributed by atoms with E-state index >= 15 is 0 Å². The number of benzene rings is 2. The number of amides is 2. The highest BCUT2D eigenvalue weighted by molar-refractivity contribution is 5.98. The standard InChI is InChI=1S/C17H19N3O2/c1-18-17(22)13-7-6-8-14(11-13)19-16(21)12-20(2)15-9-4-3-5-10-15/h3-11H,12H2,1-2H3,(H,18,22)(H,19,21). The second-order valence-corrected chi connectivity index (χ2v) is 4.90. The Morgan fingerprint density at radius 3 is 2.45 bits per heavy atom. The Balaban J connectivity index is 1.99. The SMILES string of the molecule is CNC(=O)c1cccc(NC(=O)CN(C)c2ccccc2)c1. The lowest BCUT2D eigenvalue weighted by Crippen LogP contribution is -2.30. The van der Waals surface area contributed by atoms with Gasteiger partial charge in [-0.3, -0.25) is 9.59 Å². The van der Waals surface area contributed by atoms with Gasteiger partial charge in [-0.15, -0.1) is 0 Å². The molecule has 0 fully saturated rings. The van der Waals surface area contributed by atoms with Crippen molar-refractivity contribution in [2.24, 2.45) is 0 Å². The zero-order valence-corrected chi connectivity index (χ0v) is 12.7. The van der Waals surface area contributed by atoms with E-state index in [0.29, 0.717) is 11.3 Å². The normalized spacial score (nSPS) is 9.91. The van der Waals surface area contributed by atoms with E-state index < -0.39 is 0 Å². The predicted octanol–water partition coefficient (Wildman–Crippen LogP) is 2.12. The second kappa shape index (κ2) is 7.26. The summed E-state index contributed by atoms with van der Waals surface area (Å²) in [7, 11) is 3.43. The number of carbonyl (C=O) groups excluding carboxylic acids is 2. The van der Waals surface area contributed by atoms with Crippen molar-refractivity contribution >= 4 is 23.2 Å². The average Bonchev–Trinajstić information content (AvgIpc) is 2.55. The second-order valence-electron chi connectivity index (χ2n) is 4.90. The van der Waals surface area contributed by atoms with Gasteiger partial charge < -0.3 is 15.5 Å². The largest absolute Gasteiger partial charge is 0.365 e. The molecular formula is C17H19N3O2. The number of likely N-dealkylation sites (N-methyl/N-ethyl adjacent to an activating group) is 1. The Hall–Kier alpha value is -2.82. The van der Waals surface area contributed by atoms with Gasteiger partial charge in [-0.05, 0) is 30.3 Å². The minimum atomic E-state index is -0.183. The quantitative estimate of drug-likeness (QED) is 0.888. The van der Waals surface area contributed by atoms with Crippen molar-refractivity contribution in [2.45, 2.75) is 0 Å². The molecule has 2 aromatic carbocycles. The summed E-state index contributed by atoms with van der Waals surface area (Å²) in [5.74, 6) is -0.321. The van der Waals surface area contributed by atoms with Crippen LogP contribution in [0.4, 0.5) is 11.4 Å². The van der Waals surface area contributed by atoms with E-state index in [0.717, 1.165) is 5.69 Å². The third-order valence-corrected chi connectivity index (χ3v) is 3.21. The Labute approximate surface area is 129 Å². The van der Waals surface area contributed by atoms with Crippen LogP contribution in [0.25, 0.3) is 0 Å². The summed E-state index contributed by atoms with van der Waals surface area (Å²) in [6.07, 6.45) is 0.